The van der Waals surface area contributed by atoms with Crippen LogP contribution in [0.4, 0.5) is 4.79 Å². The van der Waals surface area contributed by atoms with Crippen LogP contribution in [0.15, 0.2) is 24.3 Å². The second kappa shape index (κ2) is 6.98. The van der Waals surface area contributed by atoms with Crippen LogP contribution in [-0.2, 0) is 4.79 Å². The minimum atomic E-state index is -0.516. The van der Waals surface area contributed by atoms with E-state index in [4.69, 9.17) is 11.6 Å². The summed E-state index contributed by atoms with van der Waals surface area (Å²) in [7, 11) is 1.45. The fraction of sp³-hybridized carbons (Fsp3) is 0.333. The minimum absolute atomic E-state index is 0.0286. The lowest BCUT2D eigenvalue weighted by Gasteiger charge is -2.14. The Kier molecular flexibility index (Phi) is 5.61. The number of imide groups is 1. The van der Waals surface area contributed by atoms with Gasteiger partial charge in [0.25, 0.3) is 0 Å². The van der Waals surface area contributed by atoms with E-state index in [0.717, 1.165) is 5.56 Å². The van der Waals surface area contributed by atoms with E-state index in [1.807, 2.05) is 25.1 Å². The topological polar surface area (TPSA) is 70.2 Å². The molecular formula is C12H16ClN3O2. The molecule has 3 N–H and O–H groups in total. The number of carbonyl (C=O) groups is 2. The number of halogens is 1. The van der Waals surface area contributed by atoms with Gasteiger partial charge in [-0.25, -0.2) is 4.79 Å². The van der Waals surface area contributed by atoms with E-state index in [-0.39, 0.29) is 18.5 Å². The maximum atomic E-state index is 11.4. The Morgan fingerprint density at radius 1 is 1.39 bits per heavy atom. The summed E-state index contributed by atoms with van der Waals surface area (Å²) in [5.74, 6) is -0.386. The number of hydrogen-bond donors (Lipinski definition) is 3. The van der Waals surface area contributed by atoms with E-state index < -0.39 is 6.03 Å². The summed E-state index contributed by atoms with van der Waals surface area (Å²) in [6.45, 7) is 1.97. The number of hydrogen-bond acceptors (Lipinski definition) is 3. The maximum Gasteiger partial charge on any atom is 0.321 e. The molecule has 0 saturated carbocycles. The van der Waals surface area contributed by atoms with Gasteiger partial charge in [0.1, 0.15) is 0 Å². The highest BCUT2D eigenvalue weighted by Gasteiger charge is 2.09. The summed E-state index contributed by atoms with van der Waals surface area (Å²) < 4.78 is 0. The molecule has 0 spiro atoms. The van der Waals surface area contributed by atoms with E-state index >= 15 is 0 Å². The summed E-state index contributed by atoms with van der Waals surface area (Å²) in [5.41, 5.74) is 0.982. The molecule has 1 aromatic rings. The van der Waals surface area contributed by atoms with Crippen LogP contribution in [0.2, 0.25) is 5.02 Å². The van der Waals surface area contributed by atoms with Crippen molar-refractivity contribution in [2.75, 3.05) is 13.6 Å². The maximum absolute atomic E-state index is 11.4. The Morgan fingerprint density at radius 2 is 2.11 bits per heavy atom. The average molecular weight is 270 g/mol. The lowest BCUT2D eigenvalue weighted by atomic mass is 10.1. The zero-order chi connectivity index (χ0) is 13.5. The molecule has 0 fully saturated rings. The molecule has 0 saturated heterocycles. The Morgan fingerprint density at radius 3 is 2.72 bits per heavy atom. The lowest BCUT2D eigenvalue weighted by Crippen LogP contribution is -2.42. The first kappa shape index (κ1) is 14.5. The quantitative estimate of drug-likeness (QED) is 0.775. The molecule has 0 aliphatic heterocycles. The first-order valence-electron chi connectivity index (χ1n) is 5.53. The summed E-state index contributed by atoms with van der Waals surface area (Å²) >= 11 is 5.88. The highest BCUT2D eigenvalue weighted by Crippen LogP contribution is 2.16. The predicted octanol–water partition coefficient (Wildman–Crippen LogP) is 1.45. The molecule has 1 rings (SSSR count). The van der Waals surface area contributed by atoms with E-state index in [9.17, 15) is 9.59 Å². The molecule has 6 heteroatoms. The third-order valence-corrected chi connectivity index (χ3v) is 2.63. The van der Waals surface area contributed by atoms with Crippen LogP contribution in [0, 0.1) is 0 Å². The third-order valence-electron chi connectivity index (χ3n) is 2.40. The monoisotopic (exact) mass is 269 g/mol. The lowest BCUT2D eigenvalue weighted by molar-refractivity contribution is -0.119. The molecule has 0 heterocycles. The van der Waals surface area contributed by atoms with Crippen LogP contribution in [0.3, 0.4) is 0 Å². The van der Waals surface area contributed by atoms with Gasteiger partial charge >= 0.3 is 6.03 Å². The molecule has 0 radical (unpaired) electrons. The van der Waals surface area contributed by atoms with Gasteiger partial charge in [-0.15, -0.1) is 0 Å². The Hall–Kier alpha value is -1.59. The highest BCUT2D eigenvalue weighted by molar-refractivity contribution is 6.30. The van der Waals surface area contributed by atoms with Gasteiger partial charge in [-0.3, -0.25) is 10.1 Å². The number of amides is 3. The van der Waals surface area contributed by atoms with Crippen molar-refractivity contribution in [2.45, 2.75) is 13.0 Å². The van der Waals surface area contributed by atoms with Crippen molar-refractivity contribution in [2.24, 2.45) is 0 Å². The van der Waals surface area contributed by atoms with Crippen molar-refractivity contribution in [3.05, 3.63) is 34.9 Å². The first-order valence-corrected chi connectivity index (χ1v) is 5.91. The number of nitrogens with one attached hydrogen (secondary N) is 3. The van der Waals surface area contributed by atoms with Crippen molar-refractivity contribution in [3.8, 4) is 0 Å². The molecule has 0 bridgehead atoms. The Balaban J connectivity index is 2.44. The molecule has 18 heavy (non-hydrogen) atoms. The largest absolute Gasteiger partial charge is 0.341 e. The van der Waals surface area contributed by atoms with Gasteiger partial charge in [-0.05, 0) is 24.6 Å². The fourth-order valence-corrected chi connectivity index (χ4v) is 1.57. The van der Waals surface area contributed by atoms with Crippen LogP contribution in [-0.4, -0.2) is 25.5 Å². The predicted molar refractivity (Wildman–Crippen MR) is 70.5 cm³/mol. The molecule has 1 aromatic carbocycles. The van der Waals surface area contributed by atoms with Gasteiger partial charge in [0.2, 0.25) is 5.91 Å². The standard InChI is InChI=1S/C12H16ClN3O2/c1-8(9-4-3-5-10(13)6-9)15-7-11(17)16-12(18)14-2/h3-6,8,15H,7H2,1-2H3,(H2,14,16,17,18)/t8-/m1/s1. The SMILES string of the molecule is CNC(=O)NC(=O)CN[C@H](C)c1cccc(Cl)c1. The molecule has 0 unspecified atom stereocenters. The zero-order valence-corrected chi connectivity index (χ0v) is 11.0. The van der Waals surface area contributed by atoms with Crippen LogP contribution in [0.25, 0.3) is 0 Å². The summed E-state index contributed by atoms with van der Waals surface area (Å²) in [4.78, 5) is 22.2. The normalized spacial score (nSPS) is 11.7. The smallest absolute Gasteiger partial charge is 0.321 e. The number of urea groups is 1. The first-order chi connectivity index (χ1) is 8.52. The minimum Gasteiger partial charge on any atom is -0.341 e. The summed E-state index contributed by atoms with van der Waals surface area (Å²) in [5, 5.41) is 8.13. The molecule has 0 aliphatic rings. The van der Waals surface area contributed by atoms with Crippen molar-refractivity contribution in [1.82, 2.24) is 16.0 Å². The molecule has 1 atom stereocenters. The van der Waals surface area contributed by atoms with E-state index in [1.54, 1.807) is 6.07 Å². The number of rotatable bonds is 4. The molecule has 3 amide bonds. The van der Waals surface area contributed by atoms with Crippen LogP contribution < -0.4 is 16.0 Å². The highest BCUT2D eigenvalue weighted by atomic mass is 35.5. The van der Waals surface area contributed by atoms with Crippen molar-refractivity contribution in [1.29, 1.82) is 0 Å². The zero-order valence-electron chi connectivity index (χ0n) is 10.3. The fourth-order valence-electron chi connectivity index (χ4n) is 1.37. The van der Waals surface area contributed by atoms with E-state index in [2.05, 4.69) is 16.0 Å². The number of benzene rings is 1. The van der Waals surface area contributed by atoms with Gasteiger partial charge in [-0.2, -0.15) is 0 Å². The summed E-state index contributed by atoms with van der Waals surface area (Å²) in [6.07, 6.45) is 0. The van der Waals surface area contributed by atoms with Crippen LogP contribution >= 0.6 is 11.6 Å². The van der Waals surface area contributed by atoms with Crippen molar-refractivity contribution < 1.29 is 9.59 Å². The van der Waals surface area contributed by atoms with Gasteiger partial charge < -0.3 is 10.6 Å². The second-order valence-corrected chi connectivity index (χ2v) is 4.22. The Bertz CT molecular complexity index is 437. The molecule has 5 nitrogen and oxygen atoms in total. The van der Waals surface area contributed by atoms with Crippen molar-refractivity contribution >= 4 is 23.5 Å². The van der Waals surface area contributed by atoms with Crippen molar-refractivity contribution in [3.63, 3.8) is 0 Å². The van der Waals surface area contributed by atoms with Crippen LogP contribution in [0.5, 0.6) is 0 Å². The molecule has 0 aromatic heterocycles. The number of carbonyl (C=O) groups excluding carboxylic acids is 2. The van der Waals surface area contributed by atoms with Gasteiger partial charge in [-0.1, -0.05) is 23.7 Å². The van der Waals surface area contributed by atoms with Gasteiger partial charge in [0.05, 0.1) is 6.54 Å². The molecule has 0 aliphatic carbocycles. The Labute approximate surface area is 111 Å². The van der Waals surface area contributed by atoms with Gasteiger partial charge in [0, 0.05) is 18.1 Å². The van der Waals surface area contributed by atoms with E-state index in [1.165, 1.54) is 7.05 Å². The van der Waals surface area contributed by atoms with Gasteiger partial charge in [0.15, 0.2) is 0 Å². The van der Waals surface area contributed by atoms with E-state index in [0.29, 0.717) is 5.02 Å². The second-order valence-electron chi connectivity index (χ2n) is 3.78. The van der Waals surface area contributed by atoms with Crippen LogP contribution in [0.1, 0.15) is 18.5 Å². The summed E-state index contributed by atoms with van der Waals surface area (Å²) in [6, 6.07) is 6.84. The average Bonchev–Trinajstić information content (AvgIpc) is 2.35. The third kappa shape index (κ3) is 4.73. The molecular weight excluding hydrogens is 254 g/mol. The molecule has 98 valence electrons.